The third-order valence-electron chi connectivity index (χ3n) is 7.49. The van der Waals surface area contributed by atoms with Crippen LogP contribution in [0.2, 0.25) is 0 Å². The highest BCUT2D eigenvalue weighted by Gasteiger charge is 2.25. The molecule has 0 unspecified atom stereocenters. The van der Waals surface area contributed by atoms with Gasteiger partial charge in [0.25, 0.3) is 5.91 Å². The molecule has 17 heteroatoms. The molecule has 0 fully saturated rings. The van der Waals surface area contributed by atoms with E-state index in [1.807, 2.05) is 83.3 Å². The number of nitrogens with zero attached hydrogens (tertiary/aromatic N) is 3. The number of benzene rings is 2. The second kappa shape index (κ2) is 22.7. The first-order valence-corrected chi connectivity index (χ1v) is 18.4. The van der Waals surface area contributed by atoms with E-state index < -0.39 is 35.8 Å². The summed E-state index contributed by atoms with van der Waals surface area (Å²) in [5, 5.41) is 11.4. The maximum absolute atomic E-state index is 12.7. The minimum Gasteiger partial charge on any atom is -0.477 e. The quantitative estimate of drug-likeness (QED) is 0.0453. The van der Waals surface area contributed by atoms with E-state index in [9.17, 15) is 24.0 Å². The Morgan fingerprint density at radius 3 is 1.67 bits per heavy atom. The Kier molecular flexibility index (Phi) is 17.8. The molecule has 0 saturated carbocycles. The number of esters is 3. The molecule has 3 aromatic heterocycles. The lowest BCUT2D eigenvalue weighted by atomic mass is 10.1. The number of carbonyl (C=O) groups excluding carboxylic acids is 4. The first-order valence-electron chi connectivity index (χ1n) is 17.3. The topological polar surface area (TPSA) is 262 Å². The summed E-state index contributed by atoms with van der Waals surface area (Å²) >= 11 is 1.96. The SMILES string of the molecule is CCOC(=O)CC[C@H](NC(=O)c1ccc(N)c(-c2ccccc2)n1)C(=O)OCC.COC(=O)c1ccc(N)c(I)n1.Nc1ccc(C(=O)O)nc1-c1ccccc1. The molecule has 298 valence electrons. The van der Waals surface area contributed by atoms with E-state index in [1.54, 1.807) is 32.0 Å². The summed E-state index contributed by atoms with van der Waals surface area (Å²) in [6, 6.07) is 26.6. The summed E-state index contributed by atoms with van der Waals surface area (Å²) in [7, 11) is 1.31. The van der Waals surface area contributed by atoms with Crippen molar-refractivity contribution in [2.45, 2.75) is 32.7 Å². The van der Waals surface area contributed by atoms with E-state index in [2.05, 4.69) is 25.0 Å². The van der Waals surface area contributed by atoms with Gasteiger partial charge >= 0.3 is 23.9 Å². The van der Waals surface area contributed by atoms with E-state index in [0.717, 1.165) is 11.1 Å². The molecule has 5 aromatic rings. The van der Waals surface area contributed by atoms with Gasteiger partial charge in [0.05, 0.1) is 48.8 Å². The van der Waals surface area contributed by atoms with Crippen molar-refractivity contribution in [1.82, 2.24) is 20.3 Å². The molecule has 5 rings (SSSR count). The number of amides is 1. The van der Waals surface area contributed by atoms with Gasteiger partial charge in [-0.3, -0.25) is 9.59 Å². The number of carboxylic acids is 1. The molecule has 2 aromatic carbocycles. The van der Waals surface area contributed by atoms with Crippen LogP contribution in [0.4, 0.5) is 17.1 Å². The Labute approximate surface area is 342 Å². The molecular weight excluding hydrogens is 849 g/mol. The lowest BCUT2D eigenvalue weighted by molar-refractivity contribution is -0.146. The predicted octanol–water partition coefficient (Wildman–Crippen LogP) is 5.42. The summed E-state index contributed by atoms with van der Waals surface area (Å²) in [6.07, 6.45) is 0.0337. The second-order valence-corrected chi connectivity index (χ2v) is 12.5. The summed E-state index contributed by atoms with van der Waals surface area (Å²) < 4.78 is 15.0. The van der Waals surface area contributed by atoms with Gasteiger partial charge in [-0.25, -0.2) is 29.3 Å². The number of aromatic nitrogens is 3. The fourth-order valence-electron chi connectivity index (χ4n) is 4.72. The second-order valence-electron chi connectivity index (χ2n) is 11.5. The highest BCUT2D eigenvalue weighted by Crippen LogP contribution is 2.25. The maximum Gasteiger partial charge on any atom is 0.356 e. The fourth-order valence-corrected chi connectivity index (χ4v) is 5.16. The maximum atomic E-state index is 12.7. The Balaban J connectivity index is 0.000000259. The van der Waals surface area contributed by atoms with Crippen molar-refractivity contribution in [1.29, 1.82) is 0 Å². The molecule has 0 aliphatic rings. The number of aromatic carboxylic acids is 1. The monoisotopic (exact) mass is 891 g/mol. The zero-order chi connectivity index (χ0) is 41.9. The van der Waals surface area contributed by atoms with Crippen LogP contribution in [0.25, 0.3) is 22.5 Å². The number of hydrogen-bond acceptors (Lipinski definition) is 14. The molecule has 0 aliphatic carbocycles. The smallest absolute Gasteiger partial charge is 0.356 e. The molecule has 0 aliphatic heterocycles. The third-order valence-corrected chi connectivity index (χ3v) is 8.35. The van der Waals surface area contributed by atoms with Crippen LogP contribution in [0.5, 0.6) is 0 Å². The lowest BCUT2D eigenvalue weighted by Gasteiger charge is -2.17. The average molecular weight is 892 g/mol. The van der Waals surface area contributed by atoms with E-state index in [1.165, 1.54) is 25.3 Å². The van der Waals surface area contributed by atoms with Crippen LogP contribution in [-0.4, -0.2) is 76.2 Å². The zero-order valence-electron chi connectivity index (χ0n) is 31.3. The summed E-state index contributed by atoms with van der Waals surface area (Å²) in [4.78, 5) is 70.5. The first kappa shape index (κ1) is 44.8. The number of nitrogens with one attached hydrogen (secondary N) is 1. The van der Waals surface area contributed by atoms with Crippen LogP contribution >= 0.6 is 22.6 Å². The van der Waals surface area contributed by atoms with Crippen LogP contribution in [0.1, 0.15) is 58.2 Å². The van der Waals surface area contributed by atoms with Gasteiger partial charge in [-0.05, 0) is 79.3 Å². The summed E-state index contributed by atoms with van der Waals surface area (Å²) in [5.74, 6) is -3.15. The Hall–Kier alpha value is -6.63. The van der Waals surface area contributed by atoms with Gasteiger partial charge in [-0.1, -0.05) is 60.7 Å². The number of carboxylic acid groups (broad SMARTS) is 1. The lowest BCUT2D eigenvalue weighted by Crippen LogP contribution is -2.42. The third kappa shape index (κ3) is 13.9. The van der Waals surface area contributed by atoms with Gasteiger partial charge in [-0.15, -0.1) is 0 Å². The van der Waals surface area contributed by atoms with Gasteiger partial charge in [-0.2, -0.15) is 0 Å². The molecule has 1 amide bonds. The molecule has 0 saturated heterocycles. The number of nitrogen functional groups attached to an aromatic ring is 3. The Morgan fingerprint density at radius 1 is 0.684 bits per heavy atom. The number of hydrogen-bond donors (Lipinski definition) is 5. The van der Waals surface area contributed by atoms with E-state index in [-0.39, 0.29) is 43.1 Å². The molecule has 0 bridgehead atoms. The van der Waals surface area contributed by atoms with Crippen LogP contribution in [-0.2, 0) is 23.8 Å². The van der Waals surface area contributed by atoms with Gasteiger partial charge < -0.3 is 41.8 Å². The molecule has 57 heavy (non-hydrogen) atoms. The molecule has 0 spiro atoms. The number of carbonyl (C=O) groups is 5. The van der Waals surface area contributed by atoms with Crippen molar-refractivity contribution in [3.05, 3.63) is 118 Å². The normalized spacial score (nSPS) is 10.6. The van der Waals surface area contributed by atoms with Crippen molar-refractivity contribution in [3.63, 3.8) is 0 Å². The summed E-state index contributed by atoms with van der Waals surface area (Å²) in [5.41, 5.74) is 21.6. The number of ether oxygens (including phenoxy) is 3. The zero-order valence-corrected chi connectivity index (χ0v) is 33.5. The Morgan fingerprint density at radius 2 is 1.18 bits per heavy atom. The average Bonchev–Trinajstić information content (AvgIpc) is 3.21. The molecule has 0 radical (unpaired) electrons. The Bertz CT molecular complexity index is 2160. The van der Waals surface area contributed by atoms with E-state index in [0.29, 0.717) is 32.2 Å². The van der Waals surface area contributed by atoms with Crippen molar-refractivity contribution >= 4 is 69.4 Å². The van der Waals surface area contributed by atoms with Crippen molar-refractivity contribution in [3.8, 4) is 22.5 Å². The van der Waals surface area contributed by atoms with Crippen LogP contribution in [0, 0.1) is 3.70 Å². The number of pyridine rings is 3. The molecule has 8 N–H and O–H groups in total. The van der Waals surface area contributed by atoms with Gasteiger partial charge in [0.2, 0.25) is 0 Å². The molecule has 3 heterocycles. The molecule has 16 nitrogen and oxygen atoms in total. The van der Waals surface area contributed by atoms with Crippen molar-refractivity contribution in [2.24, 2.45) is 0 Å². The fraction of sp³-hybridized carbons (Fsp3) is 0.200. The van der Waals surface area contributed by atoms with Crippen LogP contribution < -0.4 is 22.5 Å². The number of rotatable bonds is 12. The highest BCUT2D eigenvalue weighted by atomic mass is 127. The van der Waals surface area contributed by atoms with E-state index >= 15 is 0 Å². The molecular formula is C40H42IN7O9. The van der Waals surface area contributed by atoms with Crippen molar-refractivity contribution in [2.75, 3.05) is 37.5 Å². The number of nitrogens with two attached hydrogens (primary N) is 3. The minimum atomic E-state index is -1.06. The number of halogens is 1. The van der Waals surface area contributed by atoms with Crippen LogP contribution in [0.3, 0.4) is 0 Å². The number of anilines is 3. The number of methoxy groups -OCH3 is 1. The minimum absolute atomic E-state index is 0.00643. The van der Waals surface area contributed by atoms with E-state index in [4.69, 9.17) is 31.8 Å². The largest absolute Gasteiger partial charge is 0.477 e. The highest BCUT2D eigenvalue weighted by molar-refractivity contribution is 14.1. The standard InChI is InChI=1S/C21H25N3O5.C12H10N2O2.C7H7IN2O2/c1-3-28-18(25)13-12-17(21(27)29-4-2)24-20(26)16-11-10-15(22)19(23-16)14-8-6-5-7-9-14;13-9-6-7-10(12(15)16)14-11(9)8-4-2-1-3-5-8;1-12-7(11)5-3-2-4(9)6(8)10-5/h5-11,17H,3-4,12-13,22H2,1-2H3,(H,24,26);1-7H,13H2,(H,15,16);2-3H,9H2,1H3/t17-;;/m0../s1. The predicted molar refractivity (Wildman–Crippen MR) is 222 cm³/mol. The molecule has 1 atom stereocenters. The van der Waals surface area contributed by atoms with Gasteiger partial charge in [0.1, 0.15) is 26.8 Å². The van der Waals surface area contributed by atoms with Gasteiger partial charge in [0.15, 0.2) is 0 Å². The summed E-state index contributed by atoms with van der Waals surface area (Å²) in [6.45, 7) is 3.76. The van der Waals surface area contributed by atoms with Crippen molar-refractivity contribution < 1.29 is 43.3 Å². The van der Waals surface area contributed by atoms with Crippen LogP contribution in [0.15, 0.2) is 97.1 Å². The van der Waals surface area contributed by atoms with Gasteiger partial charge in [0, 0.05) is 17.5 Å². The first-order chi connectivity index (χ1) is 27.3.